The third-order valence-corrected chi connectivity index (χ3v) is 3.84. The van der Waals surface area contributed by atoms with Crippen molar-refractivity contribution in [3.8, 4) is 0 Å². The standard InChI is InChI=1S/C14H22N4O3/c19-12(20)11-14(5-1-2-6-14)17-13(21)15-7-3-9-18-10-4-8-16-18/h4,8,10H,1-3,5-7,9,11H2,(H,19,20)(H2,15,17,21). The summed E-state index contributed by atoms with van der Waals surface area (Å²) in [4.78, 5) is 22.9. The summed E-state index contributed by atoms with van der Waals surface area (Å²) in [5.74, 6) is -0.865. The third kappa shape index (κ3) is 4.77. The van der Waals surface area contributed by atoms with Gasteiger partial charge in [0, 0.05) is 25.5 Å². The molecule has 0 unspecified atom stereocenters. The Balaban J connectivity index is 1.71. The lowest BCUT2D eigenvalue weighted by atomic mass is 9.93. The van der Waals surface area contributed by atoms with E-state index in [9.17, 15) is 9.59 Å². The Bertz CT molecular complexity index is 467. The van der Waals surface area contributed by atoms with E-state index in [1.54, 1.807) is 6.20 Å². The van der Waals surface area contributed by atoms with Crippen LogP contribution < -0.4 is 10.6 Å². The van der Waals surface area contributed by atoms with Gasteiger partial charge in [0.2, 0.25) is 0 Å². The molecule has 0 radical (unpaired) electrons. The van der Waals surface area contributed by atoms with Gasteiger partial charge >= 0.3 is 12.0 Å². The van der Waals surface area contributed by atoms with Gasteiger partial charge in [0.05, 0.1) is 12.0 Å². The van der Waals surface area contributed by atoms with Crippen LogP contribution in [0.3, 0.4) is 0 Å². The summed E-state index contributed by atoms with van der Waals surface area (Å²) in [5, 5.41) is 18.7. The molecule has 2 rings (SSSR count). The van der Waals surface area contributed by atoms with Gasteiger partial charge in [-0.2, -0.15) is 5.10 Å². The number of rotatable bonds is 7. The zero-order valence-electron chi connectivity index (χ0n) is 12.0. The topological polar surface area (TPSA) is 96.3 Å². The largest absolute Gasteiger partial charge is 0.481 e. The van der Waals surface area contributed by atoms with Crippen LogP contribution in [0, 0.1) is 0 Å². The number of carbonyl (C=O) groups is 2. The second-order valence-corrected chi connectivity index (χ2v) is 5.56. The van der Waals surface area contributed by atoms with Crippen molar-refractivity contribution in [2.24, 2.45) is 0 Å². The normalized spacial score (nSPS) is 16.6. The van der Waals surface area contributed by atoms with Crippen molar-refractivity contribution in [2.75, 3.05) is 6.54 Å². The summed E-state index contributed by atoms with van der Waals surface area (Å²) in [6.07, 6.45) is 7.77. The number of carboxylic acids is 1. The highest BCUT2D eigenvalue weighted by molar-refractivity contribution is 5.76. The van der Waals surface area contributed by atoms with Crippen LogP contribution >= 0.6 is 0 Å². The van der Waals surface area contributed by atoms with Crippen LogP contribution in [0.5, 0.6) is 0 Å². The van der Waals surface area contributed by atoms with Crippen molar-refractivity contribution in [3.05, 3.63) is 18.5 Å². The van der Waals surface area contributed by atoms with Crippen molar-refractivity contribution >= 4 is 12.0 Å². The highest BCUT2D eigenvalue weighted by atomic mass is 16.4. The molecule has 1 aliphatic carbocycles. The minimum atomic E-state index is -0.865. The van der Waals surface area contributed by atoms with E-state index in [4.69, 9.17) is 5.11 Å². The predicted octanol–water partition coefficient (Wildman–Crippen LogP) is 1.36. The minimum Gasteiger partial charge on any atom is -0.481 e. The highest BCUT2D eigenvalue weighted by Gasteiger charge is 2.37. The molecular formula is C14H22N4O3. The molecule has 2 amide bonds. The molecule has 1 aliphatic rings. The maximum absolute atomic E-state index is 11.9. The minimum absolute atomic E-state index is 0.00624. The van der Waals surface area contributed by atoms with Gasteiger partial charge in [-0.3, -0.25) is 9.48 Å². The number of hydrogen-bond acceptors (Lipinski definition) is 3. The molecule has 7 heteroatoms. The highest BCUT2D eigenvalue weighted by Crippen LogP contribution is 2.32. The molecule has 1 saturated carbocycles. The first-order valence-corrected chi connectivity index (χ1v) is 7.35. The monoisotopic (exact) mass is 294 g/mol. The maximum Gasteiger partial charge on any atom is 0.315 e. The molecule has 0 aromatic carbocycles. The van der Waals surface area contributed by atoms with Crippen LogP contribution in [-0.2, 0) is 11.3 Å². The second-order valence-electron chi connectivity index (χ2n) is 5.56. The molecule has 1 aromatic rings. The van der Waals surface area contributed by atoms with Crippen molar-refractivity contribution in [1.82, 2.24) is 20.4 Å². The molecule has 0 atom stereocenters. The van der Waals surface area contributed by atoms with Crippen molar-refractivity contribution in [3.63, 3.8) is 0 Å². The fourth-order valence-electron chi connectivity index (χ4n) is 2.85. The Morgan fingerprint density at radius 1 is 1.33 bits per heavy atom. The number of hydrogen-bond donors (Lipinski definition) is 3. The van der Waals surface area contributed by atoms with Crippen molar-refractivity contribution < 1.29 is 14.7 Å². The number of aromatic nitrogens is 2. The van der Waals surface area contributed by atoms with Gasteiger partial charge in [0.1, 0.15) is 0 Å². The number of nitrogens with one attached hydrogen (secondary N) is 2. The Kier molecular flexibility index (Phi) is 5.19. The fourth-order valence-corrected chi connectivity index (χ4v) is 2.85. The number of aryl methyl sites for hydroxylation is 1. The maximum atomic E-state index is 11.9. The average Bonchev–Trinajstić information content (AvgIpc) is 3.06. The van der Waals surface area contributed by atoms with Gasteiger partial charge in [-0.05, 0) is 25.3 Å². The van der Waals surface area contributed by atoms with Crippen LogP contribution in [0.2, 0.25) is 0 Å². The van der Waals surface area contributed by atoms with E-state index >= 15 is 0 Å². The van der Waals surface area contributed by atoms with E-state index in [1.165, 1.54) is 0 Å². The Morgan fingerprint density at radius 3 is 2.71 bits per heavy atom. The van der Waals surface area contributed by atoms with E-state index in [-0.39, 0.29) is 12.5 Å². The summed E-state index contributed by atoms with van der Waals surface area (Å²) < 4.78 is 1.81. The van der Waals surface area contributed by atoms with E-state index < -0.39 is 11.5 Å². The second kappa shape index (κ2) is 7.10. The molecule has 3 N–H and O–H groups in total. The summed E-state index contributed by atoms with van der Waals surface area (Å²) in [6, 6.07) is 1.58. The van der Waals surface area contributed by atoms with Crippen LogP contribution in [-0.4, -0.2) is 39.0 Å². The smallest absolute Gasteiger partial charge is 0.315 e. The molecule has 116 valence electrons. The summed E-state index contributed by atoms with van der Waals surface area (Å²) in [5.41, 5.74) is -0.572. The molecule has 1 heterocycles. The number of urea groups is 1. The van der Waals surface area contributed by atoms with Crippen molar-refractivity contribution in [2.45, 2.75) is 50.6 Å². The number of carbonyl (C=O) groups excluding carboxylic acids is 1. The lowest BCUT2D eigenvalue weighted by Crippen LogP contribution is -2.51. The van der Waals surface area contributed by atoms with E-state index in [0.717, 1.165) is 38.6 Å². The molecule has 0 bridgehead atoms. The first kappa shape index (κ1) is 15.3. The van der Waals surface area contributed by atoms with Crippen LogP contribution in [0.15, 0.2) is 18.5 Å². The van der Waals surface area contributed by atoms with Gasteiger partial charge in [-0.1, -0.05) is 12.8 Å². The molecule has 21 heavy (non-hydrogen) atoms. The van der Waals surface area contributed by atoms with Gasteiger partial charge in [-0.25, -0.2) is 4.79 Å². The molecule has 0 aliphatic heterocycles. The number of amides is 2. The van der Waals surface area contributed by atoms with E-state index in [0.29, 0.717) is 6.54 Å². The molecule has 0 spiro atoms. The van der Waals surface area contributed by atoms with Crippen molar-refractivity contribution in [1.29, 1.82) is 0 Å². The summed E-state index contributed by atoms with van der Waals surface area (Å²) >= 11 is 0. The zero-order chi connectivity index (χ0) is 15.1. The van der Waals surface area contributed by atoms with E-state index in [2.05, 4.69) is 15.7 Å². The quantitative estimate of drug-likeness (QED) is 0.662. The molecule has 0 saturated heterocycles. The summed E-state index contributed by atoms with van der Waals surface area (Å²) in [6.45, 7) is 1.28. The molecule has 1 fully saturated rings. The van der Waals surface area contributed by atoms with E-state index in [1.807, 2.05) is 16.9 Å². The lowest BCUT2D eigenvalue weighted by molar-refractivity contribution is -0.138. The zero-order valence-corrected chi connectivity index (χ0v) is 12.0. The first-order valence-electron chi connectivity index (χ1n) is 7.35. The molecule has 7 nitrogen and oxygen atoms in total. The number of nitrogens with zero attached hydrogens (tertiary/aromatic N) is 2. The Morgan fingerprint density at radius 2 is 2.10 bits per heavy atom. The average molecular weight is 294 g/mol. The van der Waals surface area contributed by atoms with Crippen LogP contribution in [0.1, 0.15) is 38.5 Å². The van der Waals surface area contributed by atoms with Gasteiger partial charge in [0.25, 0.3) is 0 Å². The first-order chi connectivity index (χ1) is 10.1. The van der Waals surface area contributed by atoms with Crippen LogP contribution in [0.4, 0.5) is 4.79 Å². The Labute approximate surface area is 123 Å². The third-order valence-electron chi connectivity index (χ3n) is 3.84. The van der Waals surface area contributed by atoms with Gasteiger partial charge in [0.15, 0.2) is 0 Å². The van der Waals surface area contributed by atoms with Gasteiger partial charge < -0.3 is 15.7 Å². The molecular weight excluding hydrogens is 272 g/mol. The summed E-state index contributed by atoms with van der Waals surface area (Å²) in [7, 11) is 0. The van der Waals surface area contributed by atoms with Gasteiger partial charge in [-0.15, -0.1) is 0 Å². The predicted molar refractivity (Wildman–Crippen MR) is 76.8 cm³/mol. The molecule has 1 aromatic heterocycles. The SMILES string of the molecule is O=C(O)CC1(NC(=O)NCCCn2cccn2)CCCC1. The Hall–Kier alpha value is -2.05. The van der Waals surface area contributed by atoms with Crippen LogP contribution in [0.25, 0.3) is 0 Å². The number of carboxylic acid groups (broad SMARTS) is 1. The lowest BCUT2D eigenvalue weighted by Gasteiger charge is -2.28. The number of aliphatic carboxylic acids is 1. The fraction of sp³-hybridized carbons (Fsp3) is 0.643.